The molecular formula is C10H16O3. The molecule has 0 atom stereocenters. The summed E-state index contributed by atoms with van der Waals surface area (Å²) < 4.78 is 4.68. The van der Waals surface area contributed by atoms with Gasteiger partial charge in [0.2, 0.25) is 0 Å². The summed E-state index contributed by atoms with van der Waals surface area (Å²) >= 11 is 0. The van der Waals surface area contributed by atoms with E-state index < -0.39 is 11.4 Å². The summed E-state index contributed by atoms with van der Waals surface area (Å²) in [7, 11) is 0. The van der Waals surface area contributed by atoms with Crippen LogP contribution in [0.15, 0.2) is 12.7 Å². The highest BCUT2D eigenvalue weighted by molar-refractivity contribution is 5.98. The fourth-order valence-electron chi connectivity index (χ4n) is 0.599. The number of ether oxygens (including phenoxy) is 1. The second kappa shape index (κ2) is 4.80. The van der Waals surface area contributed by atoms with Crippen LogP contribution in [0.25, 0.3) is 0 Å². The second-order valence-corrected chi connectivity index (χ2v) is 3.82. The lowest BCUT2D eigenvalue weighted by atomic mass is 9.89. The molecule has 0 radical (unpaired) electrons. The van der Waals surface area contributed by atoms with E-state index in [-0.39, 0.29) is 18.8 Å². The summed E-state index contributed by atoms with van der Waals surface area (Å²) in [5, 5.41) is 0. The highest BCUT2D eigenvalue weighted by Crippen LogP contribution is 2.16. The molecule has 0 aliphatic carbocycles. The van der Waals surface area contributed by atoms with Crippen LogP contribution in [0.4, 0.5) is 0 Å². The molecule has 0 saturated heterocycles. The Morgan fingerprint density at radius 2 is 1.92 bits per heavy atom. The van der Waals surface area contributed by atoms with Crippen LogP contribution in [0.1, 0.15) is 27.2 Å². The van der Waals surface area contributed by atoms with Crippen molar-refractivity contribution in [2.24, 2.45) is 5.41 Å². The van der Waals surface area contributed by atoms with Crippen molar-refractivity contribution >= 4 is 11.8 Å². The summed E-state index contributed by atoms with van der Waals surface area (Å²) in [6, 6.07) is 0. The Kier molecular flexibility index (Phi) is 4.38. The normalized spacial score (nSPS) is 10.7. The predicted octanol–water partition coefficient (Wildman–Crippen LogP) is 1.72. The van der Waals surface area contributed by atoms with E-state index >= 15 is 0 Å². The van der Waals surface area contributed by atoms with Gasteiger partial charge in [-0.25, -0.2) is 0 Å². The summed E-state index contributed by atoms with van der Waals surface area (Å²) in [4.78, 5) is 22.3. The molecule has 0 aromatic rings. The van der Waals surface area contributed by atoms with Crippen LogP contribution in [0.2, 0.25) is 0 Å². The maximum Gasteiger partial charge on any atom is 0.313 e. The SMILES string of the molecule is C=CCOC(=O)CC(=O)C(C)(C)C. The molecule has 0 heterocycles. The third-order valence-electron chi connectivity index (χ3n) is 1.50. The van der Waals surface area contributed by atoms with Crippen LogP contribution >= 0.6 is 0 Å². The second-order valence-electron chi connectivity index (χ2n) is 3.82. The van der Waals surface area contributed by atoms with Crippen LogP contribution in [0, 0.1) is 5.41 Å². The van der Waals surface area contributed by atoms with Crippen LogP contribution in [0.3, 0.4) is 0 Å². The average molecular weight is 184 g/mol. The minimum absolute atomic E-state index is 0.110. The molecule has 0 aliphatic rings. The van der Waals surface area contributed by atoms with Gasteiger partial charge in [0.25, 0.3) is 0 Å². The molecule has 0 unspecified atom stereocenters. The lowest BCUT2D eigenvalue weighted by Gasteiger charge is -2.15. The zero-order chi connectivity index (χ0) is 10.5. The minimum Gasteiger partial charge on any atom is -0.461 e. The molecule has 0 aromatic carbocycles. The van der Waals surface area contributed by atoms with E-state index in [9.17, 15) is 9.59 Å². The van der Waals surface area contributed by atoms with E-state index in [0.717, 1.165) is 0 Å². The third kappa shape index (κ3) is 5.17. The summed E-state index contributed by atoms with van der Waals surface area (Å²) in [6.45, 7) is 8.88. The monoisotopic (exact) mass is 184 g/mol. The van der Waals surface area contributed by atoms with E-state index in [2.05, 4.69) is 11.3 Å². The zero-order valence-corrected chi connectivity index (χ0v) is 8.42. The fraction of sp³-hybridized carbons (Fsp3) is 0.600. The molecule has 0 amide bonds. The smallest absolute Gasteiger partial charge is 0.313 e. The van der Waals surface area contributed by atoms with Crippen molar-refractivity contribution in [3.63, 3.8) is 0 Å². The Morgan fingerprint density at radius 3 is 2.31 bits per heavy atom. The topological polar surface area (TPSA) is 43.4 Å². The molecule has 0 rings (SSSR count). The molecule has 0 saturated carbocycles. The number of rotatable bonds is 4. The zero-order valence-electron chi connectivity index (χ0n) is 8.42. The molecule has 3 nitrogen and oxygen atoms in total. The Balaban J connectivity index is 3.93. The van der Waals surface area contributed by atoms with Gasteiger partial charge in [0.15, 0.2) is 0 Å². The first kappa shape index (κ1) is 11.9. The van der Waals surface area contributed by atoms with Crippen LogP contribution < -0.4 is 0 Å². The van der Waals surface area contributed by atoms with Gasteiger partial charge >= 0.3 is 5.97 Å². The largest absolute Gasteiger partial charge is 0.461 e. The standard InChI is InChI=1S/C10H16O3/c1-5-6-13-9(12)7-8(11)10(2,3)4/h5H,1,6-7H2,2-4H3. The van der Waals surface area contributed by atoms with E-state index in [1.165, 1.54) is 6.08 Å². The van der Waals surface area contributed by atoms with Gasteiger partial charge < -0.3 is 4.74 Å². The van der Waals surface area contributed by atoms with E-state index in [0.29, 0.717) is 0 Å². The van der Waals surface area contributed by atoms with E-state index in [1.54, 1.807) is 20.8 Å². The van der Waals surface area contributed by atoms with Gasteiger partial charge in [0, 0.05) is 5.41 Å². The molecule has 0 aromatic heterocycles. The third-order valence-corrected chi connectivity index (χ3v) is 1.50. The van der Waals surface area contributed by atoms with Crippen molar-refractivity contribution < 1.29 is 14.3 Å². The van der Waals surface area contributed by atoms with Crippen LogP contribution in [0.5, 0.6) is 0 Å². The minimum atomic E-state index is -0.486. The van der Waals surface area contributed by atoms with Gasteiger partial charge in [-0.3, -0.25) is 9.59 Å². The van der Waals surface area contributed by atoms with Crippen molar-refractivity contribution in [3.8, 4) is 0 Å². The van der Waals surface area contributed by atoms with Crippen LogP contribution in [-0.4, -0.2) is 18.4 Å². The molecule has 0 spiro atoms. The van der Waals surface area contributed by atoms with E-state index in [1.807, 2.05) is 0 Å². The molecule has 0 aliphatic heterocycles. The molecule has 0 bridgehead atoms. The van der Waals surface area contributed by atoms with Crippen molar-refractivity contribution in [3.05, 3.63) is 12.7 Å². The first-order valence-electron chi connectivity index (χ1n) is 4.17. The first-order valence-corrected chi connectivity index (χ1v) is 4.17. The van der Waals surface area contributed by atoms with Gasteiger partial charge in [-0.2, -0.15) is 0 Å². The average Bonchev–Trinajstić information content (AvgIpc) is 1.99. The summed E-state index contributed by atoms with van der Waals surface area (Å²) in [6.07, 6.45) is 1.32. The van der Waals surface area contributed by atoms with Gasteiger partial charge in [0.1, 0.15) is 18.8 Å². The van der Waals surface area contributed by atoms with Crippen molar-refractivity contribution in [1.29, 1.82) is 0 Å². The number of Topliss-reactive ketones (excluding diaryl/α,β-unsaturated/α-hetero) is 1. The Morgan fingerprint density at radius 1 is 1.38 bits per heavy atom. The first-order chi connectivity index (χ1) is 5.88. The lowest BCUT2D eigenvalue weighted by molar-refractivity contribution is -0.146. The summed E-state index contributed by atoms with van der Waals surface area (Å²) in [5.74, 6) is -0.596. The summed E-state index contributed by atoms with van der Waals surface area (Å²) in [5.41, 5.74) is -0.479. The molecule has 74 valence electrons. The van der Waals surface area contributed by atoms with Gasteiger partial charge in [-0.1, -0.05) is 33.4 Å². The number of hydrogen-bond donors (Lipinski definition) is 0. The molecule has 0 N–H and O–H groups in total. The number of carbonyl (C=O) groups is 2. The van der Waals surface area contributed by atoms with Gasteiger partial charge in [-0.15, -0.1) is 0 Å². The van der Waals surface area contributed by atoms with Crippen molar-refractivity contribution in [1.82, 2.24) is 0 Å². The highest BCUT2D eigenvalue weighted by Gasteiger charge is 2.23. The maximum absolute atomic E-state index is 11.3. The number of carbonyl (C=O) groups excluding carboxylic acids is 2. The Hall–Kier alpha value is -1.12. The Bertz CT molecular complexity index is 211. The fourth-order valence-corrected chi connectivity index (χ4v) is 0.599. The van der Waals surface area contributed by atoms with Crippen LogP contribution in [-0.2, 0) is 14.3 Å². The van der Waals surface area contributed by atoms with Gasteiger partial charge in [-0.05, 0) is 0 Å². The van der Waals surface area contributed by atoms with E-state index in [4.69, 9.17) is 0 Å². The number of hydrogen-bond acceptors (Lipinski definition) is 3. The number of ketones is 1. The molecule has 3 heteroatoms. The van der Waals surface area contributed by atoms with Gasteiger partial charge in [0.05, 0.1) is 0 Å². The van der Waals surface area contributed by atoms with Crippen molar-refractivity contribution in [2.45, 2.75) is 27.2 Å². The predicted molar refractivity (Wildman–Crippen MR) is 50.2 cm³/mol. The molecule has 13 heavy (non-hydrogen) atoms. The lowest BCUT2D eigenvalue weighted by Crippen LogP contribution is -2.24. The quantitative estimate of drug-likeness (QED) is 0.379. The molecular weight excluding hydrogens is 168 g/mol. The maximum atomic E-state index is 11.3. The Labute approximate surface area is 78.8 Å². The molecule has 0 fully saturated rings. The highest BCUT2D eigenvalue weighted by atomic mass is 16.5. The number of esters is 1. The van der Waals surface area contributed by atoms with Crippen molar-refractivity contribution in [2.75, 3.05) is 6.61 Å².